The minimum Gasteiger partial charge on any atom is -0.497 e. The number of benzene rings is 2. The second kappa shape index (κ2) is 4.86. The summed E-state index contributed by atoms with van der Waals surface area (Å²) in [5.74, 6) is 0.107. The minimum atomic E-state index is -5.69. The third-order valence-corrected chi connectivity index (χ3v) is 3.50. The second-order valence-electron chi connectivity index (χ2n) is 3.83. The van der Waals surface area contributed by atoms with Crippen molar-refractivity contribution in [1.82, 2.24) is 0 Å². The van der Waals surface area contributed by atoms with E-state index in [-0.39, 0.29) is 11.1 Å². The lowest BCUT2D eigenvalue weighted by Gasteiger charge is -2.11. The molecule has 20 heavy (non-hydrogen) atoms. The molecule has 108 valence electrons. The molecule has 0 saturated heterocycles. The van der Waals surface area contributed by atoms with E-state index in [0.717, 1.165) is 6.07 Å². The van der Waals surface area contributed by atoms with Crippen LogP contribution in [0.5, 0.6) is 11.5 Å². The van der Waals surface area contributed by atoms with Gasteiger partial charge in [0.25, 0.3) is 0 Å². The molecule has 0 aliphatic carbocycles. The molecule has 0 radical (unpaired) electrons. The highest BCUT2D eigenvalue weighted by molar-refractivity contribution is 7.88. The molecule has 0 aliphatic rings. The Morgan fingerprint density at radius 2 is 1.80 bits per heavy atom. The number of fused-ring (bicyclic) bond motifs is 1. The molecule has 0 saturated carbocycles. The zero-order chi connectivity index (χ0) is 15.0. The normalized spacial score (nSPS) is 12.4. The average molecular weight is 306 g/mol. The van der Waals surface area contributed by atoms with Gasteiger partial charge in [0.05, 0.1) is 7.11 Å². The van der Waals surface area contributed by atoms with E-state index in [9.17, 15) is 21.6 Å². The second-order valence-corrected chi connectivity index (χ2v) is 5.36. The van der Waals surface area contributed by atoms with Gasteiger partial charge in [-0.25, -0.2) is 0 Å². The molecule has 2 aromatic rings. The fourth-order valence-electron chi connectivity index (χ4n) is 1.60. The maximum Gasteiger partial charge on any atom is 0.534 e. The molecule has 0 N–H and O–H groups in total. The summed E-state index contributed by atoms with van der Waals surface area (Å²) >= 11 is 0. The lowest BCUT2D eigenvalue weighted by Crippen LogP contribution is -2.28. The summed E-state index contributed by atoms with van der Waals surface area (Å²) in [7, 11) is -4.25. The molecule has 4 nitrogen and oxygen atoms in total. The van der Waals surface area contributed by atoms with Gasteiger partial charge in [-0.2, -0.15) is 21.6 Å². The van der Waals surface area contributed by atoms with Gasteiger partial charge < -0.3 is 8.92 Å². The highest BCUT2D eigenvalue weighted by Crippen LogP contribution is 2.33. The summed E-state index contributed by atoms with van der Waals surface area (Å²) in [6.07, 6.45) is 0. The van der Waals surface area contributed by atoms with Crippen molar-refractivity contribution in [2.75, 3.05) is 7.11 Å². The fourth-order valence-corrected chi connectivity index (χ4v) is 2.07. The smallest absolute Gasteiger partial charge is 0.497 e. The number of ether oxygens (including phenoxy) is 1. The first kappa shape index (κ1) is 14.4. The van der Waals surface area contributed by atoms with Crippen LogP contribution in [0.1, 0.15) is 0 Å². The largest absolute Gasteiger partial charge is 0.534 e. The molecule has 0 aliphatic heterocycles. The molecule has 0 heterocycles. The van der Waals surface area contributed by atoms with E-state index < -0.39 is 15.6 Å². The number of halogens is 3. The molecule has 2 rings (SSSR count). The summed E-state index contributed by atoms with van der Waals surface area (Å²) in [4.78, 5) is 0. The third kappa shape index (κ3) is 2.64. The van der Waals surface area contributed by atoms with Gasteiger partial charge in [-0.3, -0.25) is 0 Å². The highest BCUT2D eigenvalue weighted by atomic mass is 32.2. The van der Waals surface area contributed by atoms with Gasteiger partial charge in [-0.1, -0.05) is 12.1 Å². The average Bonchev–Trinajstić information content (AvgIpc) is 2.36. The number of methoxy groups -OCH3 is 1. The van der Waals surface area contributed by atoms with Gasteiger partial charge in [-0.15, -0.1) is 0 Å². The molecule has 0 spiro atoms. The van der Waals surface area contributed by atoms with Crippen molar-refractivity contribution in [2.24, 2.45) is 0 Å². The van der Waals surface area contributed by atoms with Crippen LogP contribution in [0.3, 0.4) is 0 Å². The number of hydrogen-bond acceptors (Lipinski definition) is 4. The third-order valence-electron chi connectivity index (χ3n) is 2.53. The topological polar surface area (TPSA) is 52.6 Å². The molecule has 0 bridgehead atoms. The first-order valence-electron chi connectivity index (χ1n) is 5.32. The van der Waals surface area contributed by atoms with E-state index in [1.807, 2.05) is 0 Å². The van der Waals surface area contributed by atoms with E-state index in [2.05, 4.69) is 4.18 Å². The molecular formula is C12H9F3O4S. The Bertz CT molecular complexity index is 738. The van der Waals surface area contributed by atoms with Crippen LogP contribution >= 0.6 is 0 Å². The van der Waals surface area contributed by atoms with Crippen LogP contribution in [0.2, 0.25) is 0 Å². The van der Waals surface area contributed by atoms with Gasteiger partial charge in [0.1, 0.15) is 5.75 Å². The van der Waals surface area contributed by atoms with Crippen LogP contribution in [0.25, 0.3) is 10.8 Å². The molecule has 0 unspecified atom stereocenters. The van der Waals surface area contributed by atoms with Crippen molar-refractivity contribution in [3.63, 3.8) is 0 Å². The Labute approximate surface area is 112 Å². The van der Waals surface area contributed by atoms with Crippen molar-refractivity contribution in [3.05, 3.63) is 36.4 Å². The van der Waals surface area contributed by atoms with Crippen molar-refractivity contribution >= 4 is 20.9 Å². The zero-order valence-corrected chi connectivity index (χ0v) is 11.0. The molecule has 0 aromatic heterocycles. The summed E-state index contributed by atoms with van der Waals surface area (Å²) in [6, 6.07) is 8.62. The first-order valence-corrected chi connectivity index (χ1v) is 6.73. The quantitative estimate of drug-likeness (QED) is 0.646. The van der Waals surface area contributed by atoms with E-state index in [0.29, 0.717) is 11.1 Å². The molecular weight excluding hydrogens is 297 g/mol. The van der Waals surface area contributed by atoms with Crippen LogP contribution in [0.4, 0.5) is 13.2 Å². The highest BCUT2D eigenvalue weighted by Gasteiger charge is 2.48. The van der Waals surface area contributed by atoms with E-state index in [4.69, 9.17) is 4.74 Å². The Kier molecular flexibility index (Phi) is 3.51. The Morgan fingerprint density at radius 3 is 2.40 bits per heavy atom. The van der Waals surface area contributed by atoms with Gasteiger partial charge in [0, 0.05) is 5.39 Å². The van der Waals surface area contributed by atoms with Crippen LogP contribution < -0.4 is 8.92 Å². The SMILES string of the molecule is COc1ccc2c(OS(=O)(=O)C(F)(F)F)cccc2c1. The predicted molar refractivity (Wildman–Crippen MR) is 66.1 cm³/mol. The Hall–Kier alpha value is -1.96. The number of rotatable bonds is 3. The molecule has 0 amide bonds. The van der Waals surface area contributed by atoms with Gasteiger partial charge in [-0.05, 0) is 29.7 Å². The van der Waals surface area contributed by atoms with Crippen LogP contribution in [0, 0.1) is 0 Å². The van der Waals surface area contributed by atoms with E-state index >= 15 is 0 Å². The number of hydrogen-bond donors (Lipinski definition) is 0. The van der Waals surface area contributed by atoms with Crippen molar-refractivity contribution in [3.8, 4) is 11.5 Å². The summed E-state index contributed by atoms with van der Waals surface area (Å²) in [5, 5.41) is 0.736. The fraction of sp³-hybridized carbons (Fsp3) is 0.167. The zero-order valence-electron chi connectivity index (χ0n) is 10.1. The predicted octanol–water partition coefficient (Wildman–Crippen LogP) is 3.08. The summed E-state index contributed by atoms with van der Waals surface area (Å²) in [5.41, 5.74) is -5.47. The monoisotopic (exact) mass is 306 g/mol. The van der Waals surface area contributed by atoms with Crippen molar-refractivity contribution < 1.29 is 30.5 Å². The standard InChI is InChI=1S/C12H9F3O4S/c1-18-9-5-6-10-8(7-9)3-2-4-11(10)19-20(16,17)12(13,14)15/h2-7H,1H3. The first-order chi connectivity index (χ1) is 9.24. The van der Waals surface area contributed by atoms with E-state index in [1.165, 1.54) is 25.3 Å². The van der Waals surface area contributed by atoms with Gasteiger partial charge in [0.15, 0.2) is 5.75 Å². The van der Waals surface area contributed by atoms with Gasteiger partial charge in [0.2, 0.25) is 0 Å². The van der Waals surface area contributed by atoms with Crippen molar-refractivity contribution in [1.29, 1.82) is 0 Å². The molecule has 8 heteroatoms. The Balaban J connectivity index is 2.51. The van der Waals surface area contributed by atoms with Crippen LogP contribution in [0.15, 0.2) is 36.4 Å². The maximum atomic E-state index is 12.3. The van der Waals surface area contributed by atoms with Crippen LogP contribution in [-0.4, -0.2) is 21.0 Å². The molecule has 0 fully saturated rings. The summed E-state index contributed by atoms with van der Waals surface area (Å²) < 4.78 is 68.1. The van der Waals surface area contributed by atoms with Crippen molar-refractivity contribution in [2.45, 2.75) is 5.51 Å². The lowest BCUT2D eigenvalue weighted by molar-refractivity contribution is -0.0499. The number of alkyl halides is 3. The molecule has 2 aromatic carbocycles. The molecule has 0 atom stereocenters. The van der Waals surface area contributed by atoms with Crippen LogP contribution in [-0.2, 0) is 10.1 Å². The Morgan fingerprint density at radius 1 is 1.10 bits per heavy atom. The maximum absolute atomic E-state index is 12.3. The minimum absolute atomic E-state index is 0.237. The lowest BCUT2D eigenvalue weighted by atomic mass is 10.1. The van der Waals surface area contributed by atoms with E-state index in [1.54, 1.807) is 12.1 Å². The summed E-state index contributed by atoms with van der Waals surface area (Å²) in [6.45, 7) is 0. The van der Waals surface area contributed by atoms with Gasteiger partial charge >= 0.3 is 15.6 Å².